The lowest BCUT2D eigenvalue weighted by atomic mass is 9.94. The maximum absolute atomic E-state index is 12.2. The molecule has 2 saturated heterocycles. The topological polar surface area (TPSA) is 113 Å². The average Bonchev–Trinajstić information content (AvgIpc) is 2.87. The molecule has 0 saturated carbocycles. The van der Waals surface area contributed by atoms with Crippen LogP contribution in [0.4, 0.5) is 0 Å². The first-order chi connectivity index (χ1) is 17.0. The minimum absolute atomic E-state index is 0.186. The molecule has 0 spiro atoms. The standard InChI is InChI=1S/C26H31NO8/c1-3-19(24(29)30)33-23-21(27-16(2)28)26(31-14-17-10-6-4-7-11-17)34-20-15-32-25(35-22(20)23)18-12-8-5-9-13-18/h4-13,19-23,25-26H,3,14-15H2,1-2H3,(H,27,28)(H,29,30)/t19-,20?,21?,22+,23+,25?,26-/m0/s1. The Morgan fingerprint density at radius 3 is 2.40 bits per heavy atom. The zero-order valence-electron chi connectivity index (χ0n) is 19.7. The summed E-state index contributed by atoms with van der Waals surface area (Å²) < 4.78 is 30.6. The number of aliphatic carboxylic acids is 1. The van der Waals surface area contributed by atoms with Gasteiger partial charge in [-0.2, -0.15) is 0 Å². The second kappa shape index (κ2) is 11.7. The smallest absolute Gasteiger partial charge is 0.332 e. The fourth-order valence-electron chi connectivity index (χ4n) is 4.31. The van der Waals surface area contributed by atoms with E-state index in [2.05, 4.69) is 5.32 Å². The van der Waals surface area contributed by atoms with Crippen LogP contribution >= 0.6 is 0 Å². The molecule has 9 heteroatoms. The summed E-state index contributed by atoms with van der Waals surface area (Å²) in [7, 11) is 0. The van der Waals surface area contributed by atoms with Crippen LogP contribution in [0.15, 0.2) is 60.7 Å². The monoisotopic (exact) mass is 485 g/mol. The first kappa shape index (κ1) is 25.3. The Kier molecular flexibility index (Phi) is 8.48. The number of benzene rings is 2. The van der Waals surface area contributed by atoms with Gasteiger partial charge in [0.15, 0.2) is 18.7 Å². The molecule has 0 aliphatic carbocycles. The molecule has 2 aromatic carbocycles. The van der Waals surface area contributed by atoms with E-state index < -0.39 is 49.0 Å². The lowest BCUT2D eigenvalue weighted by molar-refractivity contribution is -0.352. The zero-order chi connectivity index (χ0) is 24.8. The van der Waals surface area contributed by atoms with Gasteiger partial charge in [-0.25, -0.2) is 4.79 Å². The van der Waals surface area contributed by atoms with Gasteiger partial charge in [0.25, 0.3) is 0 Å². The molecular formula is C26H31NO8. The molecule has 188 valence electrons. The van der Waals surface area contributed by atoms with Crippen LogP contribution in [0.1, 0.15) is 37.7 Å². The van der Waals surface area contributed by atoms with Gasteiger partial charge in [0.05, 0.1) is 13.2 Å². The number of carboxylic acids is 1. The molecule has 7 atom stereocenters. The van der Waals surface area contributed by atoms with Crippen LogP contribution in [0, 0.1) is 0 Å². The van der Waals surface area contributed by atoms with Gasteiger partial charge in [-0.3, -0.25) is 4.79 Å². The van der Waals surface area contributed by atoms with Crippen LogP contribution in [0.3, 0.4) is 0 Å². The van der Waals surface area contributed by atoms with E-state index in [-0.39, 0.29) is 25.5 Å². The SMILES string of the molecule is CC[C@H](O[C@@H]1C(NC(C)=O)[C@@H](OCc2ccccc2)OC2COC(c3ccccc3)O[C@H]21)C(=O)O. The van der Waals surface area contributed by atoms with Crippen molar-refractivity contribution in [3.8, 4) is 0 Å². The fraction of sp³-hybridized carbons (Fsp3) is 0.462. The Morgan fingerprint density at radius 1 is 1.09 bits per heavy atom. The van der Waals surface area contributed by atoms with Crippen molar-refractivity contribution >= 4 is 11.9 Å². The highest BCUT2D eigenvalue weighted by Crippen LogP contribution is 2.36. The molecule has 2 N–H and O–H groups in total. The molecule has 2 aliphatic heterocycles. The molecule has 2 aromatic rings. The van der Waals surface area contributed by atoms with Gasteiger partial charge >= 0.3 is 5.97 Å². The number of hydrogen-bond donors (Lipinski definition) is 2. The quantitative estimate of drug-likeness (QED) is 0.558. The zero-order valence-corrected chi connectivity index (χ0v) is 19.7. The molecule has 2 aliphatic rings. The summed E-state index contributed by atoms with van der Waals surface area (Å²) in [4.78, 5) is 24.0. The van der Waals surface area contributed by atoms with Crippen molar-refractivity contribution in [1.82, 2.24) is 5.32 Å². The van der Waals surface area contributed by atoms with E-state index in [9.17, 15) is 14.7 Å². The summed E-state index contributed by atoms with van der Waals surface area (Å²) in [6.07, 6.45) is -4.58. The predicted molar refractivity (Wildman–Crippen MR) is 124 cm³/mol. The number of carbonyl (C=O) groups excluding carboxylic acids is 1. The van der Waals surface area contributed by atoms with E-state index in [4.69, 9.17) is 23.7 Å². The van der Waals surface area contributed by atoms with Crippen molar-refractivity contribution < 1.29 is 38.4 Å². The maximum Gasteiger partial charge on any atom is 0.332 e. The van der Waals surface area contributed by atoms with Crippen molar-refractivity contribution in [3.05, 3.63) is 71.8 Å². The van der Waals surface area contributed by atoms with Gasteiger partial charge < -0.3 is 34.1 Å². The summed E-state index contributed by atoms with van der Waals surface area (Å²) in [5.74, 6) is -1.42. The molecular weight excluding hydrogens is 454 g/mol. The van der Waals surface area contributed by atoms with E-state index in [1.165, 1.54) is 6.92 Å². The van der Waals surface area contributed by atoms with Gasteiger partial charge in [0.1, 0.15) is 24.4 Å². The van der Waals surface area contributed by atoms with Crippen LogP contribution in [0.2, 0.25) is 0 Å². The van der Waals surface area contributed by atoms with Crippen molar-refractivity contribution in [2.24, 2.45) is 0 Å². The highest BCUT2D eigenvalue weighted by molar-refractivity contribution is 5.73. The van der Waals surface area contributed by atoms with Crippen molar-refractivity contribution in [3.63, 3.8) is 0 Å². The Bertz CT molecular complexity index is 972. The average molecular weight is 486 g/mol. The first-order valence-corrected chi connectivity index (χ1v) is 11.7. The molecule has 2 heterocycles. The number of carbonyl (C=O) groups is 2. The van der Waals surface area contributed by atoms with E-state index in [1.807, 2.05) is 60.7 Å². The molecule has 9 nitrogen and oxygen atoms in total. The first-order valence-electron chi connectivity index (χ1n) is 11.7. The van der Waals surface area contributed by atoms with Crippen molar-refractivity contribution in [2.45, 2.75) is 69.9 Å². The van der Waals surface area contributed by atoms with Crippen LogP contribution in [0.25, 0.3) is 0 Å². The summed E-state index contributed by atoms with van der Waals surface area (Å²) in [6, 6.07) is 18.2. The third kappa shape index (κ3) is 6.25. The fourth-order valence-corrected chi connectivity index (χ4v) is 4.31. The number of nitrogens with one attached hydrogen (secondary N) is 1. The second-order valence-corrected chi connectivity index (χ2v) is 8.58. The van der Waals surface area contributed by atoms with E-state index >= 15 is 0 Å². The summed E-state index contributed by atoms with van der Waals surface area (Å²) in [5.41, 5.74) is 1.74. The molecule has 4 rings (SSSR count). The minimum atomic E-state index is -1.09. The van der Waals surface area contributed by atoms with Crippen LogP contribution in [0.5, 0.6) is 0 Å². The minimum Gasteiger partial charge on any atom is -0.479 e. The highest BCUT2D eigenvalue weighted by atomic mass is 16.8. The Labute approximate surface area is 204 Å². The third-order valence-electron chi connectivity index (χ3n) is 6.01. The van der Waals surface area contributed by atoms with Crippen LogP contribution < -0.4 is 5.32 Å². The molecule has 0 bridgehead atoms. The molecule has 2 fully saturated rings. The number of ether oxygens (including phenoxy) is 5. The van der Waals surface area contributed by atoms with Crippen molar-refractivity contribution in [2.75, 3.05) is 6.61 Å². The van der Waals surface area contributed by atoms with Gasteiger partial charge in [0.2, 0.25) is 5.91 Å². The Hall–Kier alpha value is -2.82. The largest absolute Gasteiger partial charge is 0.479 e. The molecule has 0 radical (unpaired) electrons. The van der Waals surface area contributed by atoms with Gasteiger partial charge in [0, 0.05) is 12.5 Å². The Morgan fingerprint density at radius 2 is 1.77 bits per heavy atom. The lowest BCUT2D eigenvalue weighted by Crippen LogP contribution is -2.68. The van der Waals surface area contributed by atoms with E-state index in [1.54, 1.807) is 6.92 Å². The highest BCUT2D eigenvalue weighted by Gasteiger charge is 2.52. The predicted octanol–water partition coefficient (Wildman–Crippen LogP) is 2.80. The summed E-state index contributed by atoms with van der Waals surface area (Å²) in [5, 5.41) is 12.5. The number of fused-ring (bicyclic) bond motifs is 1. The maximum atomic E-state index is 12.2. The molecule has 1 amide bonds. The van der Waals surface area contributed by atoms with E-state index in [0.717, 1.165) is 11.1 Å². The number of amides is 1. The van der Waals surface area contributed by atoms with Gasteiger partial charge in [-0.05, 0) is 12.0 Å². The van der Waals surface area contributed by atoms with E-state index in [0.29, 0.717) is 0 Å². The molecule has 3 unspecified atom stereocenters. The molecule has 35 heavy (non-hydrogen) atoms. The Balaban J connectivity index is 1.61. The number of carboxylic acid groups (broad SMARTS) is 1. The van der Waals surface area contributed by atoms with Gasteiger partial charge in [-0.15, -0.1) is 0 Å². The van der Waals surface area contributed by atoms with Crippen molar-refractivity contribution in [1.29, 1.82) is 0 Å². The summed E-state index contributed by atoms with van der Waals surface area (Å²) >= 11 is 0. The second-order valence-electron chi connectivity index (χ2n) is 8.58. The third-order valence-corrected chi connectivity index (χ3v) is 6.01. The van der Waals surface area contributed by atoms with Gasteiger partial charge in [-0.1, -0.05) is 67.6 Å². The number of rotatable bonds is 9. The number of hydrogen-bond acceptors (Lipinski definition) is 7. The summed E-state index contributed by atoms with van der Waals surface area (Å²) in [6.45, 7) is 3.52. The van der Waals surface area contributed by atoms with Crippen LogP contribution in [-0.4, -0.2) is 60.3 Å². The molecule has 0 aromatic heterocycles. The van der Waals surface area contributed by atoms with Crippen LogP contribution in [-0.2, 0) is 39.9 Å². The normalized spacial score (nSPS) is 29.1. The lowest BCUT2D eigenvalue weighted by Gasteiger charge is -2.49.